The van der Waals surface area contributed by atoms with E-state index in [1.54, 1.807) is 0 Å². The number of nitrogens with one attached hydrogen (secondary N) is 1. The minimum Gasteiger partial charge on any atom is -0.396 e. The van der Waals surface area contributed by atoms with E-state index in [9.17, 15) is 13.2 Å². The molecule has 6 nitrogen and oxygen atoms in total. The molecule has 0 spiro atoms. The van der Waals surface area contributed by atoms with Gasteiger partial charge in [-0.15, -0.1) is 0 Å². The van der Waals surface area contributed by atoms with Crippen LogP contribution in [-0.2, 0) is 14.6 Å². The van der Waals surface area contributed by atoms with Gasteiger partial charge in [0.1, 0.15) is 9.84 Å². The second-order valence-electron chi connectivity index (χ2n) is 4.90. The third-order valence-electron chi connectivity index (χ3n) is 2.71. The van der Waals surface area contributed by atoms with E-state index in [-0.39, 0.29) is 36.6 Å². The lowest BCUT2D eigenvalue weighted by Gasteiger charge is -2.23. The molecule has 0 saturated heterocycles. The van der Waals surface area contributed by atoms with E-state index in [0.29, 0.717) is 6.42 Å². The van der Waals surface area contributed by atoms with Gasteiger partial charge in [-0.25, -0.2) is 8.42 Å². The fourth-order valence-corrected chi connectivity index (χ4v) is 2.16. The van der Waals surface area contributed by atoms with Crippen molar-refractivity contribution in [2.24, 2.45) is 11.7 Å². The predicted molar refractivity (Wildman–Crippen MR) is 70.8 cm³/mol. The highest BCUT2D eigenvalue weighted by Gasteiger charge is 2.21. The second kappa shape index (κ2) is 7.70. The highest BCUT2D eigenvalue weighted by atomic mass is 32.2. The Morgan fingerprint density at radius 1 is 1.33 bits per heavy atom. The normalized spacial score (nSPS) is 15.4. The van der Waals surface area contributed by atoms with Gasteiger partial charge in [0.2, 0.25) is 5.91 Å². The van der Waals surface area contributed by atoms with E-state index in [2.05, 4.69) is 5.32 Å². The highest BCUT2D eigenvalue weighted by Crippen LogP contribution is 2.06. The van der Waals surface area contributed by atoms with Crippen LogP contribution in [0.2, 0.25) is 0 Å². The second-order valence-corrected chi connectivity index (χ2v) is 7.16. The van der Waals surface area contributed by atoms with Crippen molar-refractivity contribution in [3.63, 3.8) is 0 Å². The maximum atomic E-state index is 11.7. The minimum absolute atomic E-state index is 0.0122. The van der Waals surface area contributed by atoms with Crippen molar-refractivity contribution in [3.05, 3.63) is 0 Å². The number of nitrogens with two attached hydrogens (primary N) is 1. The summed E-state index contributed by atoms with van der Waals surface area (Å²) in [6.45, 7) is 3.85. The van der Waals surface area contributed by atoms with E-state index in [1.165, 1.54) is 0 Å². The fraction of sp³-hybridized carbons (Fsp3) is 0.909. The summed E-state index contributed by atoms with van der Waals surface area (Å²) in [7, 11) is -3.11. The zero-order valence-electron chi connectivity index (χ0n) is 11.2. The summed E-state index contributed by atoms with van der Waals surface area (Å²) in [5, 5.41) is 11.6. The van der Waals surface area contributed by atoms with Gasteiger partial charge >= 0.3 is 0 Å². The molecular weight excluding hydrogens is 256 g/mol. The highest BCUT2D eigenvalue weighted by molar-refractivity contribution is 7.90. The molecule has 4 N–H and O–H groups in total. The molecule has 0 bridgehead atoms. The van der Waals surface area contributed by atoms with Crippen molar-refractivity contribution >= 4 is 15.7 Å². The summed E-state index contributed by atoms with van der Waals surface area (Å²) in [5.74, 6) is -0.289. The molecule has 0 radical (unpaired) electrons. The molecule has 2 unspecified atom stereocenters. The zero-order chi connectivity index (χ0) is 14.3. The third-order valence-corrected chi connectivity index (χ3v) is 3.69. The van der Waals surface area contributed by atoms with Crippen molar-refractivity contribution in [3.8, 4) is 0 Å². The van der Waals surface area contributed by atoms with Gasteiger partial charge in [-0.05, 0) is 18.8 Å². The first-order chi connectivity index (χ1) is 8.17. The van der Waals surface area contributed by atoms with Crippen LogP contribution in [0.15, 0.2) is 0 Å². The van der Waals surface area contributed by atoms with Gasteiger partial charge in [-0.2, -0.15) is 0 Å². The maximum Gasteiger partial charge on any atom is 0.237 e. The molecule has 2 atom stereocenters. The lowest BCUT2D eigenvalue weighted by molar-refractivity contribution is -0.123. The van der Waals surface area contributed by atoms with Gasteiger partial charge in [0.15, 0.2) is 0 Å². The topological polar surface area (TPSA) is 109 Å². The van der Waals surface area contributed by atoms with Crippen LogP contribution in [0.3, 0.4) is 0 Å². The maximum absolute atomic E-state index is 11.7. The summed E-state index contributed by atoms with van der Waals surface area (Å²) < 4.78 is 21.9. The summed E-state index contributed by atoms with van der Waals surface area (Å²) >= 11 is 0. The van der Waals surface area contributed by atoms with E-state index < -0.39 is 15.9 Å². The predicted octanol–water partition coefficient (Wildman–Crippen LogP) is -0.728. The number of rotatable bonds is 8. The summed E-state index contributed by atoms with van der Waals surface area (Å²) in [5.41, 5.74) is 5.63. The summed E-state index contributed by atoms with van der Waals surface area (Å²) in [6, 6.07) is -0.980. The molecule has 0 aliphatic carbocycles. The number of carbonyl (C=O) groups is 1. The average Bonchev–Trinajstić information content (AvgIpc) is 2.23. The van der Waals surface area contributed by atoms with E-state index in [0.717, 1.165) is 6.26 Å². The number of aliphatic hydroxyl groups excluding tert-OH is 1. The molecule has 0 aromatic carbocycles. The standard InChI is InChI=1S/C11H24N2O4S/c1-8(2)10(4-6-14)13-11(15)9(12)5-7-18(3,16)17/h8-10,14H,4-7,12H2,1-3H3,(H,13,15). The summed E-state index contributed by atoms with van der Waals surface area (Å²) in [6.07, 6.45) is 1.68. The molecule has 0 aromatic heterocycles. The van der Waals surface area contributed by atoms with Crippen LogP contribution in [0.5, 0.6) is 0 Å². The van der Waals surface area contributed by atoms with Crippen LogP contribution in [-0.4, -0.2) is 50.1 Å². The molecule has 0 aliphatic rings. The van der Waals surface area contributed by atoms with Crippen molar-refractivity contribution in [1.82, 2.24) is 5.32 Å². The molecule has 7 heteroatoms. The van der Waals surface area contributed by atoms with E-state index >= 15 is 0 Å². The minimum atomic E-state index is -3.11. The largest absolute Gasteiger partial charge is 0.396 e. The Morgan fingerprint density at radius 2 is 1.89 bits per heavy atom. The van der Waals surface area contributed by atoms with Crippen LogP contribution >= 0.6 is 0 Å². The van der Waals surface area contributed by atoms with Crippen molar-refractivity contribution < 1.29 is 18.3 Å². The van der Waals surface area contributed by atoms with Gasteiger partial charge in [0.25, 0.3) is 0 Å². The Kier molecular flexibility index (Phi) is 7.42. The molecule has 0 rings (SSSR count). The van der Waals surface area contributed by atoms with Crippen LogP contribution in [0, 0.1) is 5.92 Å². The Morgan fingerprint density at radius 3 is 2.28 bits per heavy atom. The lowest BCUT2D eigenvalue weighted by atomic mass is 10.0. The van der Waals surface area contributed by atoms with Gasteiger partial charge in [-0.3, -0.25) is 4.79 Å². The SMILES string of the molecule is CC(C)C(CCO)NC(=O)C(N)CCS(C)(=O)=O. The first kappa shape index (κ1) is 17.3. The lowest BCUT2D eigenvalue weighted by Crippen LogP contribution is -2.48. The van der Waals surface area contributed by atoms with Gasteiger partial charge in [0.05, 0.1) is 11.8 Å². The van der Waals surface area contributed by atoms with Crippen LogP contribution < -0.4 is 11.1 Å². The van der Waals surface area contributed by atoms with E-state index in [4.69, 9.17) is 10.8 Å². The third kappa shape index (κ3) is 7.62. The monoisotopic (exact) mass is 280 g/mol. The fourth-order valence-electron chi connectivity index (χ4n) is 1.47. The first-order valence-corrected chi connectivity index (χ1v) is 8.08. The smallest absolute Gasteiger partial charge is 0.237 e. The molecule has 0 aromatic rings. The number of sulfone groups is 1. The molecule has 0 fully saturated rings. The Hall–Kier alpha value is -0.660. The Bertz CT molecular complexity index is 354. The van der Waals surface area contributed by atoms with Crippen LogP contribution in [0.1, 0.15) is 26.7 Å². The van der Waals surface area contributed by atoms with Crippen molar-refractivity contribution in [2.45, 2.75) is 38.8 Å². The molecule has 0 heterocycles. The Balaban J connectivity index is 4.28. The molecule has 0 saturated carbocycles. The van der Waals surface area contributed by atoms with E-state index in [1.807, 2.05) is 13.8 Å². The van der Waals surface area contributed by atoms with Gasteiger partial charge in [-0.1, -0.05) is 13.8 Å². The van der Waals surface area contributed by atoms with Crippen molar-refractivity contribution in [2.75, 3.05) is 18.6 Å². The molecular formula is C11H24N2O4S. The number of aliphatic hydroxyl groups is 1. The van der Waals surface area contributed by atoms with Crippen molar-refractivity contribution in [1.29, 1.82) is 0 Å². The first-order valence-electron chi connectivity index (χ1n) is 6.02. The quantitative estimate of drug-likeness (QED) is 0.543. The van der Waals surface area contributed by atoms with Gasteiger partial charge < -0.3 is 16.2 Å². The molecule has 0 aliphatic heterocycles. The molecule has 1 amide bonds. The Labute approximate surface area is 109 Å². The number of carbonyl (C=O) groups excluding carboxylic acids is 1. The summed E-state index contributed by atoms with van der Waals surface area (Å²) in [4.78, 5) is 11.7. The number of hydrogen-bond acceptors (Lipinski definition) is 5. The molecule has 18 heavy (non-hydrogen) atoms. The zero-order valence-corrected chi connectivity index (χ0v) is 12.0. The number of amides is 1. The average molecular weight is 280 g/mol. The number of hydrogen-bond donors (Lipinski definition) is 3. The van der Waals surface area contributed by atoms with Crippen LogP contribution in [0.25, 0.3) is 0 Å². The van der Waals surface area contributed by atoms with Gasteiger partial charge in [0, 0.05) is 18.9 Å². The van der Waals surface area contributed by atoms with Crippen LogP contribution in [0.4, 0.5) is 0 Å². The molecule has 108 valence electrons.